The zero-order valence-corrected chi connectivity index (χ0v) is 36.1. The predicted molar refractivity (Wildman–Crippen MR) is 246 cm³/mol. The molecule has 3 aliphatic heterocycles. The van der Waals surface area contributed by atoms with Gasteiger partial charge in [0.25, 0.3) is 0 Å². The SMILES string of the molecule is N#Cc1ccc(CCNC(C(=O)c2c[nH]c3cc(-c4cnn(CC(=O)N5CCC(C(=O)N6CCN(c7ccc(C8CCC(=O)NC8=O)cc7)CC6)CC5)c4)ccc23)c2ccccc2)cc1. The Balaban J connectivity index is 0.754. The summed E-state index contributed by atoms with van der Waals surface area (Å²) in [6.45, 7) is 4.38. The molecule has 6 aromatic rings. The van der Waals surface area contributed by atoms with Gasteiger partial charge < -0.3 is 25.0 Å². The Labute approximate surface area is 377 Å². The van der Waals surface area contributed by atoms with Gasteiger partial charge in [-0.1, -0.05) is 66.7 Å². The average molecular weight is 870 g/mol. The van der Waals surface area contributed by atoms with Crippen molar-refractivity contribution in [2.24, 2.45) is 5.92 Å². The quantitative estimate of drug-likeness (QED) is 0.0962. The minimum absolute atomic E-state index is 0.0377. The third-order valence-corrected chi connectivity index (χ3v) is 13.1. The first-order chi connectivity index (χ1) is 31.7. The summed E-state index contributed by atoms with van der Waals surface area (Å²) in [7, 11) is 0. The van der Waals surface area contributed by atoms with E-state index in [4.69, 9.17) is 5.26 Å². The molecule has 0 aliphatic carbocycles. The van der Waals surface area contributed by atoms with E-state index in [0.717, 1.165) is 44.4 Å². The molecular weight excluding hydrogens is 819 g/mol. The van der Waals surface area contributed by atoms with Crippen molar-refractivity contribution < 1.29 is 24.0 Å². The Morgan fingerprint density at radius 2 is 1.58 bits per heavy atom. The van der Waals surface area contributed by atoms with Gasteiger partial charge in [0, 0.05) is 98.3 Å². The highest BCUT2D eigenvalue weighted by molar-refractivity contribution is 6.11. The highest BCUT2D eigenvalue weighted by Gasteiger charge is 2.33. The molecule has 14 nitrogen and oxygen atoms in total. The lowest BCUT2D eigenvalue weighted by Gasteiger charge is -2.39. The summed E-state index contributed by atoms with van der Waals surface area (Å²) in [6.07, 6.45) is 8.19. The van der Waals surface area contributed by atoms with Crippen LogP contribution in [0.15, 0.2) is 116 Å². The number of carbonyl (C=O) groups is 5. The summed E-state index contributed by atoms with van der Waals surface area (Å²) in [6, 6.07) is 32.7. The number of anilines is 1. The lowest BCUT2D eigenvalue weighted by molar-refractivity contribution is -0.141. The van der Waals surface area contributed by atoms with Crippen LogP contribution in [0, 0.1) is 17.2 Å². The van der Waals surface area contributed by atoms with E-state index in [9.17, 15) is 24.0 Å². The number of aromatic amines is 1. The van der Waals surface area contributed by atoms with Gasteiger partial charge in [-0.3, -0.25) is 34.0 Å². The predicted octanol–water partition coefficient (Wildman–Crippen LogP) is 5.77. The number of ketones is 1. The van der Waals surface area contributed by atoms with Crippen molar-refractivity contribution in [1.82, 2.24) is 35.2 Å². The highest BCUT2D eigenvalue weighted by Crippen LogP contribution is 2.31. The second-order valence-corrected chi connectivity index (χ2v) is 17.2. The largest absolute Gasteiger partial charge is 0.368 e. The van der Waals surface area contributed by atoms with Crippen molar-refractivity contribution in [3.8, 4) is 17.2 Å². The van der Waals surface area contributed by atoms with Crippen LogP contribution in [0.3, 0.4) is 0 Å². The number of amides is 4. The van der Waals surface area contributed by atoms with Gasteiger partial charge >= 0.3 is 0 Å². The van der Waals surface area contributed by atoms with Gasteiger partial charge in [-0.25, -0.2) is 0 Å². The van der Waals surface area contributed by atoms with E-state index >= 15 is 0 Å². The molecule has 0 radical (unpaired) electrons. The second kappa shape index (κ2) is 19.2. The van der Waals surface area contributed by atoms with E-state index in [1.807, 2.05) is 101 Å². The van der Waals surface area contributed by atoms with Gasteiger partial charge in [0.2, 0.25) is 23.6 Å². The number of nitrogens with zero attached hydrogens (tertiary/aromatic N) is 6. The number of fused-ring (bicyclic) bond motifs is 1. The van der Waals surface area contributed by atoms with E-state index in [-0.39, 0.29) is 47.8 Å². The van der Waals surface area contributed by atoms with Crippen molar-refractivity contribution in [2.75, 3.05) is 50.7 Å². The normalized spacial score (nSPS) is 17.5. The van der Waals surface area contributed by atoms with Crippen molar-refractivity contribution in [3.05, 3.63) is 143 Å². The van der Waals surface area contributed by atoms with Crippen molar-refractivity contribution in [3.63, 3.8) is 0 Å². The van der Waals surface area contributed by atoms with Crippen LogP contribution in [0.2, 0.25) is 0 Å². The van der Waals surface area contributed by atoms with Gasteiger partial charge in [-0.15, -0.1) is 0 Å². The molecule has 3 aliphatic rings. The fraction of sp³-hybridized carbons (Fsp3) is 0.314. The molecule has 330 valence electrons. The lowest BCUT2D eigenvalue weighted by Crippen LogP contribution is -2.52. The number of aromatic nitrogens is 3. The first kappa shape index (κ1) is 42.9. The third kappa shape index (κ3) is 9.61. The number of piperazine rings is 1. The fourth-order valence-electron chi connectivity index (χ4n) is 9.37. The number of hydrogen-bond acceptors (Lipinski definition) is 9. The first-order valence-electron chi connectivity index (χ1n) is 22.4. The summed E-state index contributed by atoms with van der Waals surface area (Å²) >= 11 is 0. The molecule has 0 bridgehead atoms. The van der Waals surface area contributed by atoms with Crippen LogP contribution in [-0.4, -0.2) is 99.8 Å². The Morgan fingerprint density at radius 3 is 2.31 bits per heavy atom. The number of nitriles is 1. The molecule has 9 rings (SSSR count). The van der Waals surface area contributed by atoms with Crippen molar-refractivity contribution >= 4 is 46.0 Å². The summed E-state index contributed by atoms with van der Waals surface area (Å²) in [5, 5.41) is 20.4. The molecular formula is C51H51N9O5. The highest BCUT2D eigenvalue weighted by atomic mass is 16.2. The molecule has 14 heteroatoms. The van der Waals surface area contributed by atoms with Crippen LogP contribution in [0.1, 0.15) is 70.3 Å². The van der Waals surface area contributed by atoms with Crippen molar-refractivity contribution in [1.29, 1.82) is 5.26 Å². The van der Waals surface area contributed by atoms with Crippen LogP contribution in [0.4, 0.5) is 5.69 Å². The molecule has 2 atom stereocenters. The summed E-state index contributed by atoms with van der Waals surface area (Å²) in [4.78, 5) is 74.4. The Kier molecular flexibility index (Phi) is 12.7. The number of benzene rings is 4. The molecule has 0 saturated carbocycles. The van der Waals surface area contributed by atoms with E-state index in [1.54, 1.807) is 29.2 Å². The summed E-state index contributed by atoms with van der Waals surface area (Å²) < 4.78 is 1.65. The number of rotatable bonds is 13. The smallest absolute Gasteiger partial charge is 0.244 e. The number of Topliss-reactive ketones (excluding diaryl/α,β-unsaturated/α-hetero) is 1. The van der Waals surface area contributed by atoms with Crippen LogP contribution < -0.4 is 15.5 Å². The van der Waals surface area contributed by atoms with E-state index in [2.05, 4.69) is 31.7 Å². The molecule has 5 heterocycles. The van der Waals surface area contributed by atoms with Gasteiger partial charge in [0.15, 0.2) is 5.78 Å². The number of nitrogens with one attached hydrogen (secondary N) is 3. The Morgan fingerprint density at radius 1 is 0.831 bits per heavy atom. The van der Waals surface area contributed by atoms with E-state index in [0.29, 0.717) is 89.0 Å². The molecule has 3 saturated heterocycles. The summed E-state index contributed by atoms with van der Waals surface area (Å²) in [5.74, 6) is -0.813. The number of piperidine rings is 2. The van der Waals surface area contributed by atoms with Crippen LogP contribution in [0.25, 0.3) is 22.0 Å². The average Bonchev–Trinajstić information content (AvgIpc) is 4.00. The van der Waals surface area contributed by atoms with Crippen molar-refractivity contribution in [2.45, 2.75) is 50.6 Å². The maximum absolute atomic E-state index is 14.2. The van der Waals surface area contributed by atoms with E-state index in [1.165, 1.54) is 0 Å². The molecule has 65 heavy (non-hydrogen) atoms. The lowest BCUT2D eigenvalue weighted by atomic mass is 9.90. The molecule has 2 unspecified atom stereocenters. The minimum atomic E-state index is -0.551. The molecule has 2 aromatic heterocycles. The number of carbonyl (C=O) groups excluding carboxylic acids is 5. The van der Waals surface area contributed by atoms with Gasteiger partial charge in [-0.05, 0) is 78.3 Å². The number of imide groups is 1. The number of likely N-dealkylation sites (tertiary alicyclic amines) is 1. The summed E-state index contributed by atoms with van der Waals surface area (Å²) in [5.41, 5.74) is 7.68. The van der Waals surface area contributed by atoms with Gasteiger partial charge in [-0.2, -0.15) is 10.4 Å². The zero-order valence-electron chi connectivity index (χ0n) is 36.1. The van der Waals surface area contributed by atoms with Crippen LogP contribution in [-0.2, 0) is 32.1 Å². The van der Waals surface area contributed by atoms with Crippen LogP contribution in [0.5, 0.6) is 0 Å². The molecule has 4 aromatic carbocycles. The maximum atomic E-state index is 14.2. The zero-order chi connectivity index (χ0) is 44.9. The molecule has 4 amide bonds. The number of hydrogen-bond donors (Lipinski definition) is 3. The second-order valence-electron chi connectivity index (χ2n) is 17.2. The standard InChI is InChI=1S/C51H51N9O5/c52-29-35-8-6-34(7-9-35)18-21-53-48(37-4-2-1-3-5-37)49(63)44-31-54-45-28-39(12-15-43(44)45)40-30-55-60(32-40)33-47(62)58-22-19-38(20-23-58)51(65)59-26-24-57(25-27-59)41-13-10-36(11-14-41)42-16-17-46(61)56-50(42)64/h1-15,28,30-32,38,42,48,53-54H,16-27,33H2,(H,56,61,64). The maximum Gasteiger partial charge on any atom is 0.244 e. The van der Waals surface area contributed by atoms with Gasteiger partial charge in [0.05, 0.1) is 29.8 Å². The number of H-pyrrole nitrogens is 1. The fourth-order valence-corrected chi connectivity index (χ4v) is 9.37. The monoisotopic (exact) mass is 869 g/mol. The van der Waals surface area contributed by atoms with Gasteiger partial charge in [0.1, 0.15) is 6.54 Å². The third-order valence-electron chi connectivity index (χ3n) is 13.1. The van der Waals surface area contributed by atoms with Crippen LogP contribution >= 0.6 is 0 Å². The minimum Gasteiger partial charge on any atom is -0.368 e. The molecule has 3 N–H and O–H groups in total. The Hall–Kier alpha value is -7.37. The topological polar surface area (TPSA) is 177 Å². The molecule has 0 spiro atoms. The van der Waals surface area contributed by atoms with E-state index < -0.39 is 6.04 Å². The Bertz CT molecular complexity index is 2740. The molecule has 3 fully saturated rings. The first-order valence-corrected chi connectivity index (χ1v) is 22.4.